The van der Waals surface area contributed by atoms with Gasteiger partial charge in [-0.15, -0.1) is 0 Å². The standard InChI is InChI=1S/C8H14F3NO2/c9-8(10,11)7(13)5-12-4-6-2-1-3-14-6/h6-7,12-13H,1-5H2. The smallest absolute Gasteiger partial charge is 0.382 e. The van der Waals surface area contributed by atoms with Crippen LogP contribution in [0.4, 0.5) is 13.2 Å². The first-order chi connectivity index (χ1) is 6.50. The summed E-state index contributed by atoms with van der Waals surface area (Å²) in [5.41, 5.74) is 0. The zero-order valence-corrected chi connectivity index (χ0v) is 7.68. The molecule has 1 fully saturated rings. The van der Waals surface area contributed by atoms with E-state index in [1.165, 1.54) is 0 Å². The lowest BCUT2D eigenvalue weighted by atomic mass is 10.2. The summed E-state index contributed by atoms with van der Waals surface area (Å²) in [5, 5.41) is 11.2. The van der Waals surface area contributed by atoms with Crippen molar-refractivity contribution in [3.8, 4) is 0 Å². The van der Waals surface area contributed by atoms with E-state index in [0.717, 1.165) is 12.8 Å². The number of aliphatic hydroxyl groups is 1. The third-order valence-electron chi connectivity index (χ3n) is 2.11. The summed E-state index contributed by atoms with van der Waals surface area (Å²) in [6, 6.07) is 0. The second kappa shape index (κ2) is 4.95. The Kier molecular flexibility index (Phi) is 4.15. The van der Waals surface area contributed by atoms with Gasteiger partial charge in [0, 0.05) is 19.7 Å². The fourth-order valence-corrected chi connectivity index (χ4v) is 1.30. The molecule has 14 heavy (non-hydrogen) atoms. The van der Waals surface area contributed by atoms with Crippen LogP contribution < -0.4 is 5.32 Å². The van der Waals surface area contributed by atoms with Crippen molar-refractivity contribution in [1.29, 1.82) is 0 Å². The molecule has 0 aliphatic carbocycles. The van der Waals surface area contributed by atoms with Gasteiger partial charge in [-0.3, -0.25) is 0 Å². The van der Waals surface area contributed by atoms with E-state index in [1.54, 1.807) is 0 Å². The van der Waals surface area contributed by atoms with Crippen molar-refractivity contribution in [2.24, 2.45) is 0 Å². The highest BCUT2D eigenvalue weighted by molar-refractivity contribution is 4.72. The second-order valence-corrected chi connectivity index (χ2v) is 3.35. The Bertz CT molecular complexity index is 168. The summed E-state index contributed by atoms with van der Waals surface area (Å²) in [6.45, 7) is 0.574. The number of hydrogen-bond acceptors (Lipinski definition) is 3. The largest absolute Gasteiger partial charge is 0.415 e. The van der Waals surface area contributed by atoms with Gasteiger partial charge < -0.3 is 15.2 Å². The molecule has 0 aromatic carbocycles. The normalized spacial score (nSPS) is 25.3. The highest BCUT2D eigenvalue weighted by atomic mass is 19.4. The minimum atomic E-state index is -4.54. The summed E-state index contributed by atoms with van der Waals surface area (Å²) in [7, 11) is 0. The maximum atomic E-state index is 11.8. The van der Waals surface area contributed by atoms with E-state index in [4.69, 9.17) is 9.84 Å². The lowest BCUT2D eigenvalue weighted by molar-refractivity contribution is -0.202. The van der Waals surface area contributed by atoms with E-state index in [-0.39, 0.29) is 6.10 Å². The van der Waals surface area contributed by atoms with E-state index in [0.29, 0.717) is 13.2 Å². The van der Waals surface area contributed by atoms with Crippen LogP contribution >= 0.6 is 0 Å². The van der Waals surface area contributed by atoms with E-state index in [2.05, 4.69) is 5.32 Å². The maximum Gasteiger partial charge on any atom is 0.415 e. The number of hydrogen-bond donors (Lipinski definition) is 2. The lowest BCUT2D eigenvalue weighted by Crippen LogP contribution is -2.40. The maximum absolute atomic E-state index is 11.8. The van der Waals surface area contributed by atoms with E-state index in [9.17, 15) is 13.2 Å². The molecule has 3 nitrogen and oxygen atoms in total. The number of rotatable bonds is 4. The number of nitrogens with one attached hydrogen (secondary N) is 1. The monoisotopic (exact) mass is 213 g/mol. The molecule has 0 aromatic rings. The average molecular weight is 213 g/mol. The fourth-order valence-electron chi connectivity index (χ4n) is 1.30. The Morgan fingerprint density at radius 2 is 2.21 bits per heavy atom. The van der Waals surface area contributed by atoms with E-state index in [1.807, 2.05) is 0 Å². The molecule has 2 atom stereocenters. The van der Waals surface area contributed by atoms with Crippen LogP contribution in [0.25, 0.3) is 0 Å². The fraction of sp³-hybridized carbons (Fsp3) is 1.00. The molecule has 0 saturated carbocycles. The minimum absolute atomic E-state index is 0.00423. The quantitative estimate of drug-likeness (QED) is 0.721. The predicted molar refractivity (Wildman–Crippen MR) is 43.9 cm³/mol. The van der Waals surface area contributed by atoms with Gasteiger partial charge >= 0.3 is 6.18 Å². The van der Waals surface area contributed by atoms with Crippen molar-refractivity contribution in [2.75, 3.05) is 19.7 Å². The molecule has 0 aromatic heterocycles. The Morgan fingerprint density at radius 1 is 1.50 bits per heavy atom. The topological polar surface area (TPSA) is 41.5 Å². The van der Waals surface area contributed by atoms with E-state index >= 15 is 0 Å². The molecule has 84 valence electrons. The molecule has 1 aliphatic heterocycles. The molecular weight excluding hydrogens is 199 g/mol. The van der Waals surface area contributed by atoms with E-state index < -0.39 is 18.8 Å². The number of halogens is 3. The van der Waals surface area contributed by atoms with Crippen LogP contribution in [-0.4, -0.2) is 43.2 Å². The molecule has 1 aliphatic rings. The van der Waals surface area contributed by atoms with Gasteiger partial charge in [0.1, 0.15) is 0 Å². The first-order valence-electron chi connectivity index (χ1n) is 4.57. The highest BCUT2D eigenvalue weighted by Gasteiger charge is 2.37. The van der Waals surface area contributed by atoms with Crippen LogP contribution in [0.5, 0.6) is 0 Å². The first kappa shape index (κ1) is 11.7. The molecule has 6 heteroatoms. The summed E-state index contributed by atoms with van der Waals surface area (Å²) in [5.74, 6) is 0. The summed E-state index contributed by atoms with van der Waals surface area (Å²) < 4.78 is 40.7. The van der Waals surface area contributed by atoms with Crippen molar-refractivity contribution in [3.05, 3.63) is 0 Å². The Labute approximate surface area is 80.2 Å². The van der Waals surface area contributed by atoms with Gasteiger partial charge in [-0.25, -0.2) is 0 Å². The van der Waals surface area contributed by atoms with Crippen LogP contribution in [0.15, 0.2) is 0 Å². The molecule has 2 unspecified atom stereocenters. The SMILES string of the molecule is OC(CNCC1CCCO1)C(F)(F)F. The average Bonchev–Trinajstić information content (AvgIpc) is 2.55. The molecule has 1 saturated heterocycles. The summed E-state index contributed by atoms with van der Waals surface area (Å²) in [6.07, 6.45) is -5.01. The van der Waals surface area contributed by atoms with Crippen molar-refractivity contribution >= 4 is 0 Å². The van der Waals surface area contributed by atoms with Crippen molar-refractivity contribution in [3.63, 3.8) is 0 Å². The molecule has 0 spiro atoms. The molecule has 1 rings (SSSR count). The Balaban J connectivity index is 2.08. The van der Waals surface area contributed by atoms with Crippen LogP contribution in [0.2, 0.25) is 0 Å². The molecule has 0 amide bonds. The minimum Gasteiger partial charge on any atom is -0.382 e. The van der Waals surface area contributed by atoms with Crippen LogP contribution in [0.3, 0.4) is 0 Å². The molecule has 2 N–H and O–H groups in total. The third kappa shape index (κ3) is 3.81. The number of alkyl halides is 3. The second-order valence-electron chi connectivity index (χ2n) is 3.35. The first-order valence-corrected chi connectivity index (χ1v) is 4.57. The van der Waals surface area contributed by atoms with Gasteiger partial charge in [-0.05, 0) is 12.8 Å². The van der Waals surface area contributed by atoms with Crippen LogP contribution in [0, 0.1) is 0 Å². The molecular formula is C8H14F3NO2. The number of aliphatic hydroxyl groups excluding tert-OH is 1. The van der Waals surface area contributed by atoms with Gasteiger partial charge in [0.05, 0.1) is 6.10 Å². The Morgan fingerprint density at radius 3 is 2.71 bits per heavy atom. The van der Waals surface area contributed by atoms with Crippen molar-refractivity contribution in [1.82, 2.24) is 5.32 Å². The molecule has 1 heterocycles. The van der Waals surface area contributed by atoms with Crippen LogP contribution in [-0.2, 0) is 4.74 Å². The number of ether oxygens (including phenoxy) is 1. The summed E-state index contributed by atoms with van der Waals surface area (Å²) in [4.78, 5) is 0. The molecule has 0 radical (unpaired) electrons. The predicted octanol–water partition coefficient (Wildman–Crippen LogP) is 0.678. The van der Waals surface area contributed by atoms with Gasteiger partial charge in [-0.1, -0.05) is 0 Å². The summed E-state index contributed by atoms with van der Waals surface area (Å²) >= 11 is 0. The van der Waals surface area contributed by atoms with Gasteiger partial charge in [0.2, 0.25) is 0 Å². The van der Waals surface area contributed by atoms with Gasteiger partial charge in [0.15, 0.2) is 6.10 Å². The lowest BCUT2D eigenvalue weighted by Gasteiger charge is -2.16. The van der Waals surface area contributed by atoms with Gasteiger partial charge in [0.25, 0.3) is 0 Å². The van der Waals surface area contributed by atoms with Gasteiger partial charge in [-0.2, -0.15) is 13.2 Å². The third-order valence-corrected chi connectivity index (χ3v) is 2.11. The molecule has 0 bridgehead atoms. The van der Waals surface area contributed by atoms with Crippen LogP contribution in [0.1, 0.15) is 12.8 Å². The van der Waals surface area contributed by atoms with Crippen molar-refractivity contribution < 1.29 is 23.0 Å². The Hall–Kier alpha value is -0.330. The zero-order chi connectivity index (χ0) is 10.6. The highest BCUT2D eigenvalue weighted by Crippen LogP contribution is 2.19. The van der Waals surface area contributed by atoms with Crippen molar-refractivity contribution in [2.45, 2.75) is 31.2 Å². The zero-order valence-electron chi connectivity index (χ0n) is 7.68.